The highest BCUT2D eigenvalue weighted by Gasteiger charge is 2.05. The predicted molar refractivity (Wildman–Crippen MR) is 73.6 cm³/mol. The van der Waals surface area contributed by atoms with Crippen LogP contribution in [0.25, 0.3) is 22.0 Å². The van der Waals surface area contributed by atoms with Crippen molar-refractivity contribution in [1.29, 1.82) is 0 Å². The smallest absolute Gasteiger partial charge is 0.123 e. The molecule has 0 aliphatic heterocycles. The largest absolute Gasteiger partial charge is 0.507 e. The summed E-state index contributed by atoms with van der Waals surface area (Å²) < 4.78 is 0. The van der Waals surface area contributed by atoms with Gasteiger partial charge in [-0.15, -0.1) is 0 Å². The lowest BCUT2D eigenvalue weighted by Crippen LogP contribution is -1.83. The van der Waals surface area contributed by atoms with Crippen LogP contribution in [-0.2, 0) is 0 Å². The molecule has 18 heavy (non-hydrogen) atoms. The monoisotopic (exact) mass is 235 g/mol. The summed E-state index contributed by atoms with van der Waals surface area (Å²) in [6, 6.07) is 15.6. The third-order valence-corrected chi connectivity index (χ3v) is 3.07. The minimum Gasteiger partial charge on any atom is -0.507 e. The summed E-state index contributed by atoms with van der Waals surface area (Å²) in [5.74, 6) is 0.309. The topological polar surface area (TPSA) is 33.1 Å². The van der Waals surface area contributed by atoms with E-state index in [2.05, 4.69) is 11.1 Å². The number of aromatic nitrogens is 1. The molecule has 0 saturated carbocycles. The van der Waals surface area contributed by atoms with Crippen molar-refractivity contribution < 1.29 is 5.11 Å². The van der Waals surface area contributed by atoms with Crippen LogP contribution in [0, 0.1) is 6.92 Å². The van der Waals surface area contributed by atoms with Crippen molar-refractivity contribution in [1.82, 2.24) is 4.98 Å². The van der Waals surface area contributed by atoms with Gasteiger partial charge in [0.2, 0.25) is 0 Å². The van der Waals surface area contributed by atoms with E-state index in [0.717, 1.165) is 27.6 Å². The number of pyridine rings is 1. The standard InChI is InChI=1S/C16H13NO/c1-11-4-7-16(18)14(9-11)12-5-6-15-13(10-12)3-2-8-17-15/h2-10,18H,1H3. The van der Waals surface area contributed by atoms with Gasteiger partial charge in [0.15, 0.2) is 0 Å². The molecule has 0 saturated heterocycles. The van der Waals surface area contributed by atoms with Crippen LogP contribution in [0.5, 0.6) is 5.75 Å². The van der Waals surface area contributed by atoms with Gasteiger partial charge in [0.05, 0.1) is 5.52 Å². The van der Waals surface area contributed by atoms with Crippen molar-refractivity contribution in [3.63, 3.8) is 0 Å². The van der Waals surface area contributed by atoms with Gasteiger partial charge in [-0.25, -0.2) is 0 Å². The Labute approximate surface area is 106 Å². The fourth-order valence-electron chi connectivity index (χ4n) is 2.12. The van der Waals surface area contributed by atoms with Gasteiger partial charge in [-0.3, -0.25) is 4.98 Å². The summed E-state index contributed by atoms with van der Waals surface area (Å²) in [6.45, 7) is 2.02. The molecular formula is C16H13NO. The molecule has 0 aliphatic rings. The fraction of sp³-hybridized carbons (Fsp3) is 0.0625. The van der Waals surface area contributed by atoms with Crippen molar-refractivity contribution >= 4 is 10.9 Å². The molecule has 3 rings (SSSR count). The Bertz CT molecular complexity index is 719. The minimum atomic E-state index is 0.309. The van der Waals surface area contributed by atoms with E-state index in [0.29, 0.717) is 5.75 Å². The first-order valence-corrected chi connectivity index (χ1v) is 5.89. The molecule has 0 unspecified atom stereocenters. The molecule has 0 radical (unpaired) electrons. The van der Waals surface area contributed by atoms with Crippen LogP contribution < -0.4 is 0 Å². The van der Waals surface area contributed by atoms with Gasteiger partial charge in [-0.05, 0) is 42.8 Å². The molecule has 0 atom stereocenters. The van der Waals surface area contributed by atoms with E-state index in [1.54, 1.807) is 12.3 Å². The summed E-state index contributed by atoms with van der Waals surface area (Å²) in [5, 5.41) is 11.0. The fourth-order valence-corrected chi connectivity index (χ4v) is 2.12. The summed E-state index contributed by atoms with van der Waals surface area (Å²) in [5.41, 5.74) is 3.97. The Morgan fingerprint density at radius 2 is 1.89 bits per heavy atom. The van der Waals surface area contributed by atoms with E-state index in [4.69, 9.17) is 0 Å². The second-order valence-electron chi connectivity index (χ2n) is 4.43. The normalized spacial score (nSPS) is 10.7. The lowest BCUT2D eigenvalue weighted by Gasteiger charge is -2.07. The predicted octanol–water partition coefficient (Wildman–Crippen LogP) is 3.92. The van der Waals surface area contributed by atoms with Crippen LogP contribution in [-0.4, -0.2) is 10.1 Å². The maximum Gasteiger partial charge on any atom is 0.123 e. The Morgan fingerprint density at radius 3 is 2.78 bits per heavy atom. The third kappa shape index (κ3) is 1.82. The molecule has 0 aliphatic carbocycles. The highest BCUT2D eigenvalue weighted by molar-refractivity contribution is 5.85. The molecule has 2 aromatic carbocycles. The van der Waals surface area contributed by atoms with Crippen molar-refractivity contribution in [2.24, 2.45) is 0 Å². The molecule has 3 aromatic rings. The molecular weight excluding hydrogens is 222 g/mol. The van der Waals surface area contributed by atoms with Gasteiger partial charge < -0.3 is 5.11 Å². The van der Waals surface area contributed by atoms with Gasteiger partial charge in [0.1, 0.15) is 5.75 Å². The number of hydrogen-bond acceptors (Lipinski definition) is 2. The molecule has 1 aromatic heterocycles. The third-order valence-electron chi connectivity index (χ3n) is 3.07. The maximum atomic E-state index is 9.94. The second-order valence-corrected chi connectivity index (χ2v) is 4.43. The van der Waals surface area contributed by atoms with Gasteiger partial charge >= 0.3 is 0 Å². The van der Waals surface area contributed by atoms with E-state index >= 15 is 0 Å². The number of phenols is 1. The van der Waals surface area contributed by atoms with E-state index in [9.17, 15) is 5.11 Å². The summed E-state index contributed by atoms with van der Waals surface area (Å²) in [7, 11) is 0. The Hall–Kier alpha value is -2.35. The second kappa shape index (κ2) is 4.15. The summed E-state index contributed by atoms with van der Waals surface area (Å²) in [6.07, 6.45) is 1.78. The first kappa shape index (κ1) is 10.8. The van der Waals surface area contributed by atoms with Gasteiger partial charge in [0.25, 0.3) is 0 Å². The van der Waals surface area contributed by atoms with Crippen LogP contribution in [0.2, 0.25) is 0 Å². The maximum absolute atomic E-state index is 9.94. The quantitative estimate of drug-likeness (QED) is 0.693. The van der Waals surface area contributed by atoms with E-state index in [-0.39, 0.29) is 0 Å². The van der Waals surface area contributed by atoms with Crippen molar-refractivity contribution in [3.8, 4) is 16.9 Å². The lowest BCUT2D eigenvalue weighted by molar-refractivity contribution is 0.477. The van der Waals surface area contributed by atoms with Crippen molar-refractivity contribution in [2.45, 2.75) is 6.92 Å². The number of phenolic OH excluding ortho intramolecular Hbond substituents is 1. The van der Waals surface area contributed by atoms with E-state index in [1.807, 2.05) is 43.3 Å². The minimum absolute atomic E-state index is 0.309. The Balaban J connectivity index is 2.22. The van der Waals surface area contributed by atoms with Crippen LogP contribution >= 0.6 is 0 Å². The Morgan fingerprint density at radius 1 is 1.00 bits per heavy atom. The van der Waals surface area contributed by atoms with Crippen molar-refractivity contribution in [2.75, 3.05) is 0 Å². The zero-order valence-electron chi connectivity index (χ0n) is 10.1. The number of aromatic hydroxyl groups is 1. The first-order valence-electron chi connectivity index (χ1n) is 5.89. The molecule has 0 spiro atoms. The number of hydrogen-bond donors (Lipinski definition) is 1. The van der Waals surface area contributed by atoms with E-state index in [1.165, 1.54) is 0 Å². The number of fused-ring (bicyclic) bond motifs is 1. The molecule has 2 heteroatoms. The Kier molecular flexibility index (Phi) is 2.49. The van der Waals surface area contributed by atoms with Crippen molar-refractivity contribution in [3.05, 3.63) is 60.3 Å². The molecule has 2 nitrogen and oxygen atoms in total. The SMILES string of the molecule is Cc1ccc(O)c(-c2ccc3ncccc3c2)c1. The van der Waals surface area contributed by atoms with Crippen LogP contribution in [0.4, 0.5) is 0 Å². The zero-order chi connectivity index (χ0) is 12.5. The summed E-state index contributed by atoms with van der Waals surface area (Å²) >= 11 is 0. The molecule has 0 amide bonds. The molecule has 1 N–H and O–H groups in total. The van der Waals surface area contributed by atoms with Gasteiger partial charge in [-0.1, -0.05) is 23.8 Å². The molecule has 0 fully saturated rings. The highest BCUT2D eigenvalue weighted by Crippen LogP contribution is 2.31. The number of benzene rings is 2. The summed E-state index contributed by atoms with van der Waals surface area (Å²) in [4.78, 5) is 4.29. The average Bonchev–Trinajstić information content (AvgIpc) is 2.41. The number of nitrogens with zero attached hydrogens (tertiary/aromatic N) is 1. The van der Waals surface area contributed by atoms with Crippen LogP contribution in [0.15, 0.2) is 54.7 Å². The van der Waals surface area contributed by atoms with Crippen LogP contribution in [0.1, 0.15) is 5.56 Å². The zero-order valence-corrected chi connectivity index (χ0v) is 10.1. The van der Waals surface area contributed by atoms with Gasteiger partial charge in [-0.2, -0.15) is 0 Å². The van der Waals surface area contributed by atoms with Gasteiger partial charge in [0, 0.05) is 17.1 Å². The average molecular weight is 235 g/mol. The molecule has 88 valence electrons. The van der Waals surface area contributed by atoms with E-state index < -0.39 is 0 Å². The highest BCUT2D eigenvalue weighted by atomic mass is 16.3. The number of aryl methyl sites for hydroxylation is 1. The lowest BCUT2D eigenvalue weighted by atomic mass is 10.0. The number of rotatable bonds is 1. The molecule has 1 heterocycles. The molecule has 0 bridgehead atoms. The van der Waals surface area contributed by atoms with Crippen LogP contribution in [0.3, 0.4) is 0 Å². The first-order chi connectivity index (χ1) is 8.74.